The molecule has 0 unspecified atom stereocenters. The van der Waals surface area contributed by atoms with Crippen molar-refractivity contribution in [1.82, 2.24) is 24.8 Å². The molecule has 2 aromatic rings. The van der Waals surface area contributed by atoms with Crippen molar-refractivity contribution >= 4 is 17.5 Å². The van der Waals surface area contributed by atoms with Crippen LogP contribution in [0.4, 0.5) is 11.6 Å². The molecule has 0 radical (unpaired) electrons. The lowest BCUT2D eigenvalue weighted by molar-refractivity contribution is -0.117. The maximum atomic E-state index is 11.7. The minimum absolute atomic E-state index is 0.0153. The molecule has 90 valence electrons. The number of aromatic nitrogens is 5. The Balaban J connectivity index is 2.00. The van der Waals surface area contributed by atoms with Crippen LogP contribution in [0.25, 0.3) is 0 Å². The van der Waals surface area contributed by atoms with E-state index in [0.29, 0.717) is 5.82 Å². The van der Waals surface area contributed by atoms with Gasteiger partial charge in [-0.25, -0.2) is 0 Å². The number of nitrogens with two attached hydrogens (primary N) is 1. The number of rotatable bonds is 3. The molecule has 8 heteroatoms. The number of anilines is 2. The fraction of sp³-hybridized carbons (Fsp3) is 0.333. The monoisotopic (exact) mass is 235 g/mol. The molecule has 3 N–H and O–H groups in total. The van der Waals surface area contributed by atoms with Gasteiger partial charge in [-0.2, -0.15) is 15.0 Å². The van der Waals surface area contributed by atoms with Crippen LogP contribution in [0.2, 0.25) is 0 Å². The van der Waals surface area contributed by atoms with Crippen LogP contribution >= 0.6 is 0 Å². The van der Waals surface area contributed by atoms with E-state index in [0.717, 1.165) is 5.69 Å². The summed E-state index contributed by atoms with van der Waals surface area (Å²) in [7, 11) is 1.76. The first-order valence-electron chi connectivity index (χ1n) is 5.00. The maximum Gasteiger partial charge on any atom is 0.249 e. The highest BCUT2D eigenvalue weighted by atomic mass is 16.2. The molecular formula is C9H13N7O. The molecule has 2 rings (SSSR count). The Kier molecular flexibility index (Phi) is 2.77. The standard InChI is InChI=1S/C9H13N7O/c1-6-3-8(15(2)13-6)12-9(17)5-16-11-4-7(10)14-16/h3-4H,5H2,1-2H3,(H2,10,14)(H,12,17). The smallest absolute Gasteiger partial charge is 0.249 e. The molecule has 0 spiro atoms. The molecule has 0 aliphatic heterocycles. The molecule has 2 aromatic heterocycles. The number of carbonyl (C=O) groups is 1. The van der Waals surface area contributed by atoms with Gasteiger partial charge in [-0.05, 0) is 6.92 Å². The van der Waals surface area contributed by atoms with Crippen LogP contribution in [-0.4, -0.2) is 30.7 Å². The SMILES string of the molecule is Cc1cc(NC(=O)Cn2ncc(N)n2)n(C)n1. The number of hydrogen-bond donors (Lipinski definition) is 2. The van der Waals surface area contributed by atoms with Gasteiger partial charge in [-0.15, -0.1) is 5.10 Å². The first kappa shape index (κ1) is 11.1. The van der Waals surface area contributed by atoms with Crippen molar-refractivity contribution in [2.45, 2.75) is 13.5 Å². The average Bonchev–Trinajstić information content (AvgIpc) is 2.74. The minimum Gasteiger partial charge on any atom is -0.381 e. The zero-order valence-corrected chi connectivity index (χ0v) is 9.58. The summed E-state index contributed by atoms with van der Waals surface area (Å²) in [6.07, 6.45) is 1.39. The van der Waals surface area contributed by atoms with Crippen LogP contribution in [-0.2, 0) is 18.4 Å². The van der Waals surface area contributed by atoms with Gasteiger partial charge in [0.05, 0.1) is 11.9 Å². The number of nitrogen functional groups attached to an aromatic ring is 1. The number of nitrogens with zero attached hydrogens (tertiary/aromatic N) is 5. The van der Waals surface area contributed by atoms with Crippen molar-refractivity contribution in [3.05, 3.63) is 18.0 Å². The summed E-state index contributed by atoms with van der Waals surface area (Å²) in [6.45, 7) is 1.87. The summed E-state index contributed by atoms with van der Waals surface area (Å²) in [5.74, 6) is 0.686. The van der Waals surface area contributed by atoms with E-state index in [-0.39, 0.29) is 18.3 Å². The van der Waals surface area contributed by atoms with Gasteiger partial charge < -0.3 is 11.1 Å². The first-order chi connectivity index (χ1) is 8.04. The van der Waals surface area contributed by atoms with E-state index in [1.165, 1.54) is 11.0 Å². The molecule has 2 heterocycles. The van der Waals surface area contributed by atoms with Crippen LogP contribution in [0.3, 0.4) is 0 Å². The maximum absolute atomic E-state index is 11.7. The van der Waals surface area contributed by atoms with Gasteiger partial charge in [0.2, 0.25) is 5.91 Å². The van der Waals surface area contributed by atoms with Crippen molar-refractivity contribution in [3.63, 3.8) is 0 Å². The summed E-state index contributed by atoms with van der Waals surface area (Å²) < 4.78 is 1.60. The molecule has 0 aliphatic rings. The molecular weight excluding hydrogens is 222 g/mol. The molecule has 0 saturated carbocycles. The zero-order valence-electron chi connectivity index (χ0n) is 9.58. The van der Waals surface area contributed by atoms with Crippen molar-refractivity contribution in [3.8, 4) is 0 Å². The summed E-state index contributed by atoms with van der Waals surface area (Å²) in [5, 5.41) is 14.5. The highest BCUT2D eigenvalue weighted by Crippen LogP contribution is 2.07. The lowest BCUT2D eigenvalue weighted by Crippen LogP contribution is -2.21. The molecule has 0 atom stereocenters. The zero-order chi connectivity index (χ0) is 12.4. The molecule has 0 saturated heterocycles. The normalized spacial score (nSPS) is 10.5. The van der Waals surface area contributed by atoms with Gasteiger partial charge in [0.15, 0.2) is 5.82 Å². The van der Waals surface area contributed by atoms with Crippen molar-refractivity contribution < 1.29 is 4.79 Å². The topological polar surface area (TPSA) is 104 Å². The summed E-state index contributed by atoms with van der Waals surface area (Å²) in [6, 6.07) is 1.78. The van der Waals surface area contributed by atoms with Crippen LogP contribution in [0.1, 0.15) is 5.69 Å². The second kappa shape index (κ2) is 4.24. The average molecular weight is 235 g/mol. The molecule has 1 amide bonds. The van der Waals surface area contributed by atoms with E-state index in [1.807, 2.05) is 6.92 Å². The lowest BCUT2D eigenvalue weighted by Gasteiger charge is -2.04. The minimum atomic E-state index is -0.233. The third-order valence-electron chi connectivity index (χ3n) is 2.11. The Morgan fingerprint density at radius 1 is 1.53 bits per heavy atom. The number of nitrogens with one attached hydrogen (secondary N) is 1. The van der Waals surface area contributed by atoms with Crippen molar-refractivity contribution in [2.24, 2.45) is 7.05 Å². The Labute approximate surface area is 97.4 Å². The van der Waals surface area contributed by atoms with E-state index in [4.69, 9.17) is 5.73 Å². The fourth-order valence-corrected chi connectivity index (χ4v) is 1.43. The largest absolute Gasteiger partial charge is 0.381 e. The lowest BCUT2D eigenvalue weighted by atomic mass is 10.4. The van der Waals surface area contributed by atoms with E-state index in [2.05, 4.69) is 20.6 Å². The van der Waals surface area contributed by atoms with Crippen LogP contribution in [0, 0.1) is 6.92 Å². The number of hydrogen-bond acceptors (Lipinski definition) is 5. The van der Waals surface area contributed by atoms with Gasteiger partial charge in [-0.3, -0.25) is 9.48 Å². The van der Waals surface area contributed by atoms with Gasteiger partial charge in [0, 0.05) is 13.1 Å². The van der Waals surface area contributed by atoms with E-state index in [9.17, 15) is 4.79 Å². The van der Waals surface area contributed by atoms with Gasteiger partial charge in [0.25, 0.3) is 0 Å². The number of aryl methyl sites for hydroxylation is 2. The van der Waals surface area contributed by atoms with Gasteiger partial charge in [0.1, 0.15) is 12.4 Å². The van der Waals surface area contributed by atoms with Crippen LogP contribution < -0.4 is 11.1 Å². The van der Waals surface area contributed by atoms with Crippen molar-refractivity contribution in [2.75, 3.05) is 11.1 Å². The van der Waals surface area contributed by atoms with Gasteiger partial charge >= 0.3 is 0 Å². The Morgan fingerprint density at radius 2 is 2.29 bits per heavy atom. The van der Waals surface area contributed by atoms with E-state index < -0.39 is 0 Å². The second-order valence-electron chi connectivity index (χ2n) is 3.64. The quantitative estimate of drug-likeness (QED) is 0.749. The van der Waals surface area contributed by atoms with Crippen molar-refractivity contribution in [1.29, 1.82) is 0 Å². The highest BCUT2D eigenvalue weighted by molar-refractivity contribution is 5.89. The predicted octanol–water partition coefficient (Wildman–Crippen LogP) is -0.459. The molecule has 0 aromatic carbocycles. The third kappa shape index (κ3) is 2.60. The molecule has 0 fully saturated rings. The molecule has 17 heavy (non-hydrogen) atoms. The fourth-order valence-electron chi connectivity index (χ4n) is 1.43. The second-order valence-corrected chi connectivity index (χ2v) is 3.64. The van der Waals surface area contributed by atoms with E-state index >= 15 is 0 Å². The van der Waals surface area contributed by atoms with Crippen LogP contribution in [0.5, 0.6) is 0 Å². The molecule has 0 aliphatic carbocycles. The molecule has 0 bridgehead atoms. The summed E-state index contributed by atoms with van der Waals surface area (Å²) >= 11 is 0. The van der Waals surface area contributed by atoms with Crippen LogP contribution in [0.15, 0.2) is 12.3 Å². The number of carbonyl (C=O) groups excluding carboxylic acids is 1. The first-order valence-corrected chi connectivity index (χ1v) is 5.00. The predicted molar refractivity (Wildman–Crippen MR) is 61.0 cm³/mol. The van der Waals surface area contributed by atoms with E-state index in [1.54, 1.807) is 17.8 Å². The summed E-state index contributed by atoms with van der Waals surface area (Å²) in [5.41, 5.74) is 6.23. The third-order valence-corrected chi connectivity index (χ3v) is 2.11. The summed E-state index contributed by atoms with van der Waals surface area (Å²) in [4.78, 5) is 12.9. The molecule has 8 nitrogen and oxygen atoms in total. The Hall–Kier alpha value is -2.38. The Bertz CT molecular complexity index is 541. The number of amides is 1. The Morgan fingerprint density at radius 3 is 2.82 bits per heavy atom. The highest BCUT2D eigenvalue weighted by Gasteiger charge is 2.08. The van der Waals surface area contributed by atoms with Gasteiger partial charge in [-0.1, -0.05) is 0 Å².